The maximum atomic E-state index is 13.6. The summed E-state index contributed by atoms with van der Waals surface area (Å²) in [6.07, 6.45) is 0. The Hall–Kier alpha value is -0.810. The Kier molecular flexibility index (Phi) is 3.93. The summed E-state index contributed by atoms with van der Waals surface area (Å²) >= 11 is 3.07. The highest BCUT2D eigenvalue weighted by atomic mass is 79.9. The number of aromatic hydroxyl groups is 1. The first-order valence-corrected chi connectivity index (χ1v) is 5.27. The van der Waals surface area contributed by atoms with Crippen molar-refractivity contribution in [3.8, 4) is 11.5 Å². The smallest absolute Gasteiger partial charge is 0.208 e. The first kappa shape index (κ1) is 12.3. The van der Waals surface area contributed by atoms with Crippen molar-refractivity contribution in [2.75, 3.05) is 13.7 Å². The SMILES string of the molecule is COc1c(C(C)CN)cc(Br)c(O)c1F. The first-order valence-electron chi connectivity index (χ1n) is 4.47. The summed E-state index contributed by atoms with van der Waals surface area (Å²) in [4.78, 5) is 0. The molecule has 1 atom stereocenters. The number of ether oxygens (including phenoxy) is 1. The second kappa shape index (κ2) is 4.81. The van der Waals surface area contributed by atoms with Crippen LogP contribution in [-0.4, -0.2) is 18.8 Å². The molecule has 3 N–H and O–H groups in total. The van der Waals surface area contributed by atoms with Gasteiger partial charge >= 0.3 is 0 Å². The van der Waals surface area contributed by atoms with Crippen molar-refractivity contribution < 1.29 is 14.2 Å². The van der Waals surface area contributed by atoms with E-state index in [4.69, 9.17) is 10.5 Å². The number of rotatable bonds is 3. The van der Waals surface area contributed by atoms with Crippen LogP contribution in [0.25, 0.3) is 0 Å². The normalized spacial score (nSPS) is 12.6. The minimum absolute atomic E-state index is 0.0358. The average Bonchev–Trinajstić information content (AvgIpc) is 2.24. The fourth-order valence-electron chi connectivity index (χ4n) is 1.31. The van der Waals surface area contributed by atoms with Gasteiger partial charge in [0.15, 0.2) is 11.5 Å². The Balaban J connectivity index is 3.38. The van der Waals surface area contributed by atoms with Gasteiger partial charge in [0, 0.05) is 5.56 Å². The Morgan fingerprint density at radius 2 is 2.27 bits per heavy atom. The number of methoxy groups -OCH3 is 1. The predicted octanol–water partition coefficient (Wildman–Crippen LogP) is 2.36. The molecule has 0 saturated heterocycles. The molecule has 1 aromatic carbocycles. The van der Waals surface area contributed by atoms with Gasteiger partial charge in [-0.1, -0.05) is 6.92 Å². The summed E-state index contributed by atoms with van der Waals surface area (Å²) in [5.74, 6) is -1.19. The van der Waals surface area contributed by atoms with Crippen molar-refractivity contribution in [2.45, 2.75) is 12.8 Å². The van der Waals surface area contributed by atoms with Crippen LogP contribution in [0.2, 0.25) is 0 Å². The number of hydrogen-bond acceptors (Lipinski definition) is 3. The van der Waals surface area contributed by atoms with Crippen LogP contribution in [0.5, 0.6) is 11.5 Å². The zero-order valence-electron chi connectivity index (χ0n) is 8.55. The van der Waals surface area contributed by atoms with Crippen LogP contribution in [0.15, 0.2) is 10.5 Å². The maximum Gasteiger partial charge on any atom is 0.208 e. The van der Waals surface area contributed by atoms with Crippen LogP contribution in [0, 0.1) is 5.82 Å². The van der Waals surface area contributed by atoms with E-state index in [2.05, 4.69) is 15.9 Å². The average molecular weight is 278 g/mol. The van der Waals surface area contributed by atoms with Gasteiger partial charge < -0.3 is 15.6 Å². The highest BCUT2D eigenvalue weighted by Crippen LogP contribution is 2.39. The van der Waals surface area contributed by atoms with E-state index in [0.717, 1.165) is 0 Å². The van der Waals surface area contributed by atoms with Gasteiger partial charge in [-0.2, -0.15) is 4.39 Å². The second-order valence-corrected chi connectivity index (χ2v) is 4.13. The monoisotopic (exact) mass is 277 g/mol. The minimum Gasteiger partial charge on any atom is -0.504 e. The van der Waals surface area contributed by atoms with Crippen LogP contribution in [0.1, 0.15) is 18.4 Å². The van der Waals surface area contributed by atoms with Gasteiger partial charge in [0.05, 0.1) is 11.6 Å². The molecule has 0 amide bonds. The number of nitrogens with two attached hydrogens (primary N) is 1. The zero-order chi connectivity index (χ0) is 11.6. The highest BCUT2D eigenvalue weighted by molar-refractivity contribution is 9.10. The summed E-state index contributed by atoms with van der Waals surface area (Å²) in [6, 6.07) is 1.62. The molecule has 0 spiro atoms. The molecule has 0 radical (unpaired) electrons. The lowest BCUT2D eigenvalue weighted by Crippen LogP contribution is -2.11. The highest BCUT2D eigenvalue weighted by Gasteiger charge is 2.20. The van der Waals surface area contributed by atoms with Gasteiger partial charge in [-0.25, -0.2) is 0 Å². The summed E-state index contributed by atoms with van der Waals surface area (Å²) in [5.41, 5.74) is 6.15. The molecule has 0 fully saturated rings. The maximum absolute atomic E-state index is 13.6. The van der Waals surface area contributed by atoms with E-state index in [1.807, 2.05) is 6.92 Å². The lowest BCUT2D eigenvalue weighted by atomic mass is 10.00. The van der Waals surface area contributed by atoms with Crippen LogP contribution in [-0.2, 0) is 0 Å². The molecule has 15 heavy (non-hydrogen) atoms. The molecule has 1 aromatic rings. The fourth-order valence-corrected chi connectivity index (χ4v) is 1.73. The Labute approximate surface area is 96.2 Å². The minimum atomic E-state index is -0.762. The molecule has 0 bridgehead atoms. The molecule has 0 aliphatic carbocycles. The molecule has 5 heteroatoms. The van der Waals surface area contributed by atoms with Crippen molar-refractivity contribution >= 4 is 15.9 Å². The molecule has 84 valence electrons. The Morgan fingerprint density at radius 3 is 2.73 bits per heavy atom. The van der Waals surface area contributed by atoms with Gasteiger partial charge in [-0.3, -0.25) is 0 Å². The predicted molar refractivity (Wildman–Crippen MR) is 59.8 cm³/mol. The lowest BCUT2D eigenvalue weighted by molar-refractivity contribution is 0.357. The molecule has 0 heterocycles. The standard InChI is InChI=1S/C10H13BrFNO2/c1-5(4-13)6-3-7(11)9(14)8(12)10(6)15-2/h3,5,14H,4,13H2,1-2H3. The molecular weight excluding hydrogens is 265 g/mol. The summed E-state index contributed by atoms with van der Waals surface area (Å²) in [5, 5.41) is 9.36. The van der Waals surface area contributed by atoms with Crippen LogP contribution in [0.3, 0.4) is 0 Å². The van der Waals surface area contributed by atoms with E-state index in [-0.39, 0.29) is 11.7 Å². The number of hydrogen-bond donors (Lipinski definition) is 2. The topological polar surface area (TPSA) is 55.5 Å². The molecular formula is C10H13BrFNO2. The number of phenolic OH excluding ortho intramolecular Hbond substituents is 1. The summed E-state index contributed by atoms with van der Waals surface area (Å²) in [7, 11) is 1.36. The van der Waals surface area contributed by atoms with Crippen molar-refractivity contribution in [1.29, 1.82) is 0 Å². The van der Waals surface area contributed by atoms with E-state index < -0.39 is 11.6 Å². The van der Waals surface area contributed by atoms with Gasteiger partial charge in [0.25, 0.3) is 0 Å². The summed E-state index contributed by atoms with van der Waals surface area (Å²) in [6.45, 7) is 2.24. The van der Waals surface area contributed by atoms with Crippen LogP contribution in [0.4, 0.5) is 4.39 Å². The number of phenols is 1. The Morgan fingerprint density at radius 1 is 1.67 bits per heavy atom. The van der Waals surface area contributed by atoms with Gasteiger partial charge in [-0.05, 0) is 34.5 Å². The molecule has 1 unspecified atom stereocenters. The molecule has 0 aromatic heterocycles. The first-order chi connectivity index (χ1) is 7.02. The molecule has 3 nitrogen and oxygen atoms in total. The van der Waals surface area contributed by atoms with Crippen molar-refractivity contribution in [2.24, 2.45) is 5.73 Å². The van der Waals surface area contributed by atoms with Crippen LogP contribution < -0.4 is 10.5 Å². The second-order valence-electron chi connectivity index (χ2n) is 3.28. The van der Waals surface area contributed by atoms with Gasteiger partial charge in [-0.15, -0.1) is 0 Å². The number of halogens is 2. The largest absolute Gasteiger partial charge is 0.504 e. The van der Waals surface area contributed by atoms with E-state index in [1.165, 1.54) is 7.11 Å². The number of benzene rings is 1. The van der Waals surface area contributed by atoms with Crippen LogP contribution >= 0.6 is 15.9 Å². The Bertz CT molecular complexity index is 371. The van der Waals surface area contributed by atoms with Gasteiger partial charge in [0.1, 0.15) is 0 Å². The molecule has 0 aliphatic rings. The molecule has 0 saturated carbocycles. The van der Waals surface area contributed by atoms with E-state index >= 15 is 0 Å². The van der Waals surface area contributed by atoms with Crippen molar-refractivity contribution in [3.05, 3.63) is 21.9 Å². The lowest BCUT2D eigenvalue weighted by Gasteiger charge is -2.16. The zero-order valence-corrected chi connectivity index (χ0v) is 10.1. The third-order valence-electron chi connectivity index (χ3n) is 2.27. The summed E-state index contributed by atoms with van der Waals surface area (Å²) < 4.78 is 18.8. The quantitative estimate of drug-likeness (QED) is 0.892. The molecule has 0 aliphatic heterocycles. The van der Waals surface area contributed by atoms with E-state index in [0.29, 0.717) is 16.6 Å². The third-order valence-corrected chi connectivity index (χ3v) is 2.87. The van der Waals surface area contributed by atoms with Crippen molar-refractivity contribution in [3.63, 3.8) is 0 Å². The van der Waals surface area contributed by atoms with E-state index in [1.54, 1.807) is 6.07 Å². The third kappa shape index (κ3) is 2.23. The fraction of sp³-hybridized carbons (Fsp3) is 0.400. The molecule has 1 rings (SSSR count). The van der Waals surface area contributed by atoms with E-state index in [9.17, 15) is 9.50 Å². The van der Waals surface area contributed by atoms with Crippen molar-refractivity contribution in [1.82, 2.24) is 0 Å². The van der Waals surface area contributed by atoms with Gasteiger partial charge in [0.2, 0.25) is 5.82 Å².